The minimum atomic E-state index is -1.11. The Kier molecular flexibility index (Phi) is 2.28. The third-order valence-corrected chi connectivity index (χ3v) is 2.60. The van der Waals surface area contributed by atoms with Gasteiger partial charge in [-0.1, -0.05) is 0 Å². The molecular formula is C9H8N2O3S. The summed E-state index contributed by atoms with van der Waals surface area (Å²) in [4.78, 5) is 18.9. The molecule has 0 atom stereocenters. The van der Waals surface area contributed by atoms with E-state index in [9.17, 15) is 4.79 Å². The van der Waals surface area contributed by atoms with Crippen molar-refractivity contribution in [2.45, 2.75) is 13.8 Å². The first kappa shape index (κ1) is 9.85. The Morgan fingerprint density at radius 3 is 2.67 bits per heavy atom. The van der Waals surface area contributed by atoms with E-state index in [1.807, 2.05) is 6.92 Å². The van der Waals surface area contributed by atoms with Crippen LogP contribution in [0.2, 0.25) is 0 Å². The predicted octanol–water partition coefficient (Wildman–Crippen LogP) is 2.11. The summed E-state index contributed by atoms with van der Waals surface area (Å²) < 4.78 is 5.11. The van der Waals surface area contributed by atoms with E-state index < -0.39 is 5.97 Å². The van der Waals surface area contributed by atoms with Gasteiger partial charge in [-0.3, -0.25) is 0 Å². The molecule has 0 aliphatic heterocycles. The standard InChI is InChI=1S/C9H8N2O3S/c1-4-7(9(12)13)14-8(10-4)6-3-15-5(2)11-6/h3H,1-2H3,(H,12,13). The summed E-state index contributed by atoms with van der Waals surface area (Å²) in [6, 6.07) is 0. The number of aromatic carboxylic acids is 1. The molecule has 0 saturated heterocycles. The average molecular weight is 224 g/mol. The largest absolute Gasteiger partial charge is 0.475 e. The van der Waals surface area contributed by atoms with E-state index in [2.05, 4.69) is 9.97 Å². The number of carbonyl (C=O) groups is 1. The van der Waals surface area contributed by atoms with Gasteiger partial charge >= 0.3 is 5.97 Å². The summed E-state index contributed by atoms with van der Waals surface area (Å²) in [5, 5.41) is 11.5. The van der Waals surface area contributed by atoms with Crippen LogP contribution in [0.15, 0.2) is 9.80 Å². The molecule has 0 spiro atoms. The topological polar surface area (TPSA) is 76.2 Å². The molecule has 2 rings (SSSR count). The highest BCUT2D eigenvalue weighted by atomic mass is 32.1. The van der Waals surface area contributed by atoms with Crippen molar-refractivity contribution in [3.63, 3.8) is 0 Å². The van der Waals surface area contributed by atoms with Gasteiger partial charge in [0.05, 0.1) is 10.7 Å². The molecule has 6 heteroatoms. The highest BCUT2D eigenvalue weighted by Gasteiger charge is 2.18. The van der Waals surface area contributed by atoms with Gasteiger partial charge in [-0.2, -0.15) is 0 Å². The van der Waals surface area contributed by atoms with Gasteiger partial charge in [0.25, 0.3) is 0 Å². The fraction of sp³-hybridized carbons (Fsp3) is 0.222. The highest BCUT2D eigenvalue weighted by Crippen LogP contribution is 2.23. The van der Waals surface area contributed by atoms with Crippen LogP contribution >= 0.6 is 11.3 Å². The van der Waals surface area contributed by atoms with Crippen molar-refractivity contribution in [1.29, 1.82) is 0 Å². The SMILES string of the molecule is Cc1nc(-c2nc(C)c(C(=O)O)o2)cs1. The third-order valence-electron chi connectivity index (χ3n) is 1.83. The molecule has 2 aromatic rings. The molecule has 0 aliphatic carbocycles. The van der Waals surface area contributed by atoms with Crippen LogP contribution in [0.4, 0.5) is 0 Å². The summed E-state index contributed by atoms with van der Waals surface area (Å²) in [5.41, 5.74) is 0.941. The monoisotopic (exact) mass is 224 g/mol. The quantitative estimate of drug-likeness (QED) is 0.845. The van der Waals surface area contributed by atoms with Crippen molar-refractivity contribution >= 4 is 17.3 Å². The van der Waals surface area contributed by atoms with Gasteiger partial charge in [0.15, 0.2) is 0 Å². The molecule has 5 nitrogen and oxygen atoms in total. The minimum Gasteiger partial charge on any atom is -0.475 e. The highest BCUT2D eigenvalue weighted by molar-refractivity contribution is 7.09. The van der Waals surface area contributed by atoms with Crippen LogP contribution in [0.5, 0.6) is 0 Å². The minimum absolute atomic E-state index is 0.129. The Labute approximate surface area is 89.4 Å². The molecule has 0 amide bonds. The van der Waals surface area contributed by atoms with E-state index in [4.69, 9.17) is 9.52 Å². The van der Waals surface area contributed by atoms with Crippen LogP contribution in [0.25, 0.3) is 11.6 Å². The molecule has 0 bridgehead atoms. The van der Waals surface area contributed by atoms with Crippen LogP contribution in [-0.4, -0.2) is 21.0 Å². The van der Waals surface area contributed by atoms with E-state index >= 15 is 0 Å². The van der Waals surface area contributed by atoms with Crippen molar-refractivity contribution in [2.24, 2.45) is 0 Å². The van der Waals surface area contributed by atoms with Gasteiger partial charge in [0.1, 0.15) is 5.69 Å². The number of oxazole rings is 1. The zero-order chi connectivity index (χ0) is 11.0. The Bertz CT molecular complexity index is 515. The summed E-state index contributed by atoms with van der Waals surface area (Å²) in [6.45, 7) is 3.46. The van der Waals surface area contributed by atoms with Crippen LogP contribution < -0.4 is 0 Å². The Morgan fingerprint density at radius 1 is 1.47 bits per heavy atom. The van der Waals surface area contributed by atoms with Gasteiger partial charge in [-0.15, -0.1) is 11.3 Å². The number of nitrogens with zero attached hydrogens (tertiary/aromatic N) is 2. The average Bonchev–Trinajstić information content (AvgIpc) is 2.71. The zero-order valence-corrected chi connectivity index (χ0v) is 8.96. The fourth-order valence-electron chi connectivity index (χ4n) is 1.17. The molecule has 0 radical (unpaired) electrons. The lowest BCUT2D eigenvalue weighted by Crippen LogP contribution is -1.95. The number of thiazole rings is 1. The lowest BCUT2D eigenvalue weighted by Gasteiger charge is -1.86. The molecule has 0 unspecified atom stereocenters. The number of carboxylic acids is 1. The first-order valence-electron chi connectivity index (χ1n) is 4.21. The van der Waals surface area contributed by atoms with Gasteiger partial charge in [0.2, 0.25) is 11.7 Å². The van der Waals surface area contributed by atoms with Crippen LogP contribution in [0, 0.1) is 13.8 Å². The van der Waals surface area contributed by atoms with Crippen LogP contribution in [-0.2, 0) is 0 Å². The van der Waals surface area contributed by atoms with Gasteiger partial charge in [0, 0.05) is 5.38 Å². The molecular weight excluding hydrogens is 216 g/mol. The van der Waals surface area contributed by atoms with Crippen molar-refractivity contribution in [3.05, 3.63) is 21.8 Å². The summed E-state index contributed by atoms with van der Waals surface area (Å²) >= 11 is 1.46. The first-order valence-corrected chi connectivity index (χ1v) is 5.09. The van der Waals surface area contributed by atoms with Gasteiger partial charge in [-0.05, 0) is 13.8 Å². The van der Waals surface area contributed by atoms with Crippen LogP contribution in [0.1, 0.15) is 21.3 Å². The van der Waals surface area contributed by atoms with Crippen molar-refractivity contribution in [1.82, 2.24) is 9.97 Å². The van der Waals surface area contributed by atoms with E-state index in [0.29, 0.717) is 11.4 Å². The second-order valence-electron chi connectivity index (χ2n) is 2.99. The second-order valence-corrected chi connectivity index (χ2v) is 4.05. The fourth-order valence-corrected chi connectivity index (χ4v) is 1.75. The molecule has 78 valence electrons. The van der Waals surface area contributed by atoms with Crippen LogP contribution in [0.3, 0.4) is 0 Å². The van der Waals surface area contributed by atoms with Crippen molar-refractivity contribution in [3.8, 4) is 11.6 Å². The molecule has 2 heterocycles. The van der Waals surface area contributed by atoms with E-state index in [1.165, 1.54) is 11.3 Å². The van der Waals surface area contributed by atoms with Gasteiger partial charge < -0.3 is 9.52 Å². The van der Waals surface area contributed by atoms with Crippen molar-refractivity contribution in [2.75, 3.05) is 0 Å². The zero-order valence-electron chi connectivity index (χ0n) is 8.14. The Hall–Kier alpha value is -1.69. The van der Waals surface area contributed by atoms with E-state index in [0.717, 1.165) is 5.01 Å². The third kappa shape index (κ3) is 1.75. The van der Waals surface area contributed by atoms with E-state index in [-0.39, 0.29) is 11.7 Å². The van der Waals surface area contributed by atoms with Crippen molar-refractivity contribution < 1.29 is 14.3 Å². The summed E-state index contributed by atoms with van der Waals surface area (Å²) in [7, 11) is 0. The Balaban J connectivity index is 2.46. The van der Waals surface area contributed by atoms with Gasteiger partial charge in [-0.25, -0.2) is 14.8 Å². The molecule has 0 aromatic carbocycles. The summed E-state index contributed by atoms with van der Waals surface area (Å²) in [5.74, 6) is -0.983. The molecule has 1 N–H and O–H groups in total. The number of rotatable bonds is 2. The van der Waals surface area contributed by atoms with E-state index in [1.54, 1.807) is 12.3 Å². The number of hydrogen-bond donors (Lipinski definition) is 1. The predicted molar refractivity (Wildman–Crippen MR) is 54.0 cm³/mol. The number of hydrogen-bond acceptors (Lipinski definition) is 5. The first-order chi connectivity index (χ1) is 7.08. The maximum Gasteiger partial charge on any atom is 0.373 e. The number of aromatic nitrogens is 2. The Morgan fingerprint density at radius 2 is 2.20 bits per heavy atom. The smallest absolute Gasteiger partial charge is 0.373 e. The molecule has 2 aromatic heterocycles. The maximum atomic E-state index is 10.7. The number of carboxylic acid groups (broad SMARTS) is 1. The normalized spacial score (nSPS) is 10.5. The molecule has 0 saturated carbocycles. The summed E-state index contributed by atoms with van der Waals surface area (Å²) in [6.07, 6.45) is 0. The second kappa shape index (κ2) is 3.47. The maximum absolute atomic E-state index is 10.7. The lowest BCUT2D eigenvalue weighted by molar-refractivity contribution is 0.0662. The molecule has 15 heavy (non-hydrogen) atoms. The number of aryl methyl sites for hydroxylation is 2. The lowest BCUT2D eigenvalue weighted by atomic mass is 10.4. The molecule has 0 aliphatic rings. The molecule has 0 fully saturated rings.